The van der Waals surface area contributed by atoms with Gasteiger partial charge in [0.15, 0.2) is 0 Å². The number of nitrogens with zero attached hydrogens (tertiary/aromatic N) is 1. The number of nitrogens with one attached hydrogen (secondary N) is 1. The van der Waals surface area contributed by atoms with Crippen LogP contribution in [0.2, 0.25) is 0 Å². The number of aliphatic hydroxyl groups excluding tert-OH is 1. The Morgan fingerprint density at radius 1 is 1.05 bits per heavy atom. The van der Waals surface area contributed by atoms with E-state index in [1.807, 2.05) is 6.07 Å². The molecule has 0 aliphatic rings. The maximum atomic E-state index is 9.38. The van der Waals surface area contributed by atoms with E-state index in [1.165, 1.54) is 22.0 Å². The molecular weight excluding hydrogens is 272 g/mol. The second-order valence-electron chi connectivity index (χ2n) is 5.76. The predicted octanol–water partition coefficient (Wildman–Crippen LogP) is 3.16. The molecule has 0 spiro atoms. The van der Waals surface area contributed by atoms with Crippen molar-refractivity contribution in [3.8, 4) is 0 Å². The Bertz CT molecular complexity index is 732. The average molecular weight is 294 g/mol. The number of fused-ring (bicyclic) bond motifs is 1. The highest BCUT2D eigenvalue weighted by Crippen LogP contribution is 2.22. The standard InChI is InChI=1S/C19H22N2O/c1-15(22)11-20-12-17-14-21(13-16-7-3-2-4-8-16)19-10-6-5-9-18(17)19/h2-10,14-15,20,22H,11-13H2,1H3/t15-/m1/s1. The highest BCUT2D eigenvalue weighted by molar-refractivity contribution is 5.84. The summed E-state index contributed by atoms with van der Waals surface area (Å²) in [6, 6.07) is 19.0. The largest absolute Gasteiger partial charge is 0.392 e. The smallest absolute Gasteiger partial charge is 0.0636 e. The Hall–Kier alpha value is -2.10. The van der Waals surface area contributed by atoms with Gasteiger partial charge in [0.25, 0.3) is 0 Å². The van der Waals surface area contributed by atoms with Gasteiger partial charge < -0.3 is 15.0 Å². The topological polar surface area (TPSA) is 37.2 Å². The molecule has 0 fully saturated rings. The maximum absolute atomic E-state index is 9.38. The Kier molecular flexibility index (Phi) is 4.56. The van der Waals surface area contributed by atoms with Crippen molar-refractivity contribution in [3.05, 3.63) is 71.9 Å². The van der Waals surface area contributed by atoms with Crippen LogP contribution in [0.25, 0.3) is 10.9 Å². The van der Waals surface area contributed by atoms with E-state index in [9.17, 15) is 5.11 Å². The number of benzene rings is 2. The number of para-hydroxylation sites is 1. The van der Waals surface area contributed by atoms with Crippen molar-refractivity contribution >= 4 is 10.9 Å². The summed E-state index contributed by atoms with van der Waals surface area (Å²) in [5.74, 6) is 0. The van der Waals surface area contributed by atoms with Crippen molar-refractivity contribution in [2.24, 2.45) is 0 Å². The lowest BCUT2D eigenvalue weighted by Gasteiger charge is -2.06. The van der Waals surface area contributed by atoms with Gasteiger partial charge >= 0.3 is 0 Å². The van der Waals surface area contributed by atoms with Gasteiger partial charge in [-0.25, -0.2) is 0 Å². The fourth-order valence-corrected chi connectivity index (χ4v) is 2.79. The van der Waals surface area contributed by atoms with E-state index in [-0.39, 0.29) is 6.10 Å². The number of aliphatic hydroxyl groups is 1. The second kappa shape index (κ2) is 6.77. The SMILES string of the molecule is C[C@@H](O)CNCc1cn(Cc2ccccc2)c2ccccc12. The summed E-state index contributed by atoms with van der Waals surface area (Å²) in [5, 5.41) is 14.0. The van der Waals surface area contributed by atoms with Crippen LogP contribution in [0, 0.1) is 0 Å². The molecule has 0 unspecified atom stereocenters. The number of hydrogen-bond acceptors (Lipinski definition) is 2. The second-order valence-corrected chi connectivity index (χ2v) is 5.76. The molecule has 1 atom stereocenters. The van der Waals surface area contributed by atoms with Crippen LogP contribution in [0.5, 0.6) is 0 Å². The maximum Gasteiger partial charge on any atom is 0.0636 e. The van der Waals surface area contributed by atoms with Crippen LogP contribution < -0.4 is 5.32 Å². The molecule has 0 bridgehead atoms. The summed E-state index contributed by atoms with van der Waals surface area (Å²) in [7, 11) is 0. The molecule has 1 heterocycles. The van der Waals surface area contributed by atoms with Crippen LogP contribution in [0.1, 0.15) is 18.1 Å². The molecule has 0 radical (unpaired) electrons. The third-order valence-corrected chi connectivity index (χ3v) is 3.82. The molecule has 114 valence electrons. The lowest BCUT2D eigenvalue weighted by atomic mass is 10.2. The van der Waals surface area contributed by atoms with Crippen LogP contribution >= 0.6 is 0 Å². The van der Waals surface area contributed by atoms with E-state index in [4.69, 9.17) is 0 Å². The molecule has 2 N–H and O–H groups in total. The van der Waals surface area contributed by atoms with Crippen molar-refractivity contribution in [3.63, 3.8) is 0 Å². The molecule has 1 aromatic heterocycles. The van der Waals surface area contributed by atoms with Gasteiger partial charge in [-0.3, -0.25) is 0 Å². The van der Waals surface area contributed by atoms with E-state index >= 15 is 0 Å². The Balaban J connectivity index is 1.87. The lowest BCUT2D eigenvalue weighted by molar-refractivity contribution is 0.191. The van der Waals surface area contributed by atoms with E-state index in [1.54, 1.807) is 6.92 Å². The van der Waals surface area contributed by atoms with Gasteiger partial charge in [-0.2, -0.15) is 0 Å². The van der Waals surface area contributed by atoms with Gasteiger partial charge in [-0.15, -0.1) is 0 Å². The van der Waals surface area contributed by atoms with E-state index < -0.39 is 0 Å². The average Bonchev–Trinajstić information content (AvgIpc) is 2.86. The van der Waals surface area contributed by atoms with Crippen molar-refractivity contribution in [1.82, 2.24) is 9.88 Å². The number of hydrogen-bond donors (Lipinski definition) is 2. The third kappa shape index (κ3) is 3.38. The van der Waals surface area contributed by atoms with Gasteiger partial charge in [0.2, 0.25) is 0 Å². The first-order valence-corrected chi connectivity index (χ1v) is 7.73. The normalized spacial score (nSPS) is 12.6. The van der Waals surface area contributed by atoms with E-state index in [0.29, 0.717) is 6.54 Å². The molecule has 0 saturated heterocycles. The summed E-state index contributed by atoms with van der Waals surface area (Å²) >= 11 is 0. The zero-order chi connectivity index (χ0) is 15.4. The Labute approximate surface area is 131 Å². The fraction of sp³-hybridized carbons (Fsp3) is 0.263. The first kappa shape index (κ1) is 14.8. The first-order chi connectivity index (χ1) is 10.7. The lowest BCUT2D eigenvalue weighted by Crippen LogP contribution is -2.23. The highest BCUT2D eigenvalue weighted by Gasteiger charge is 2.08. The quantitative estimate of drug-likeness (QED) is 0.733. The Morgan fingerprint density at radius 3 is 2.55 bits per heavy atom. The summed E-state index contributed by atoms with van der Waals surface area (Å²) in [4.78, 5) is 0. The van der Waals surface area contributed by atoms with Crippen LogP contribution in [-0.4, -0.2) is 22.3 Å². The van der Waals surface area contributed by atoms with Gasteiger partial charge in [0, 0.05) is 36.7 Å². The minimum atomic E-state index is -0.322. The van der Waals surface area contributed by atoms with Crippen LogP contribution in [0.3, 0.4) is 0 Å². The number of rotatable bonds is 6. The van der Waals surface area contributed by atoms with Gasteiger partial charge in [0.1, 0.15) is 0 Å². The van der Waals surface area contributed by atoms with Crippen molar-refractivity contribution in [2.75, 3.05) is 6.54 Å². The molecule has 3 nitrogen and oxygen atoms in total. The molecule has 3 heteroatoms. The molecule has 0 aliphatic carbocycles. The monoisotopic (exact) mass is 294 g/mol. The van der Waals surface area contributed by atoms with Crippen molar-refractivity contribution in [1.29, 1.82) is 0 Å². The summed E-state index contributed by atoms with van der Waals surface area (Å²) in [6.07, 6.45) is 1.89. The summed E-state index contributed by atoms with van der Waals surface area (Å²) in [5.41, 5.74) is 3.82. The molecule has 2 aromatic carbocycles. The van der Waals surface area contributed by atoms with E-state index in [0.717, 1.165) is 13.1 Å². The van der Waals surface area contributed by atoms with Crippen LogP contribution in [-0.2, 0) is 13.1 Å². The summed E-state index contributed by atoms with van der Waals surface area (Å²) in [6.45, 7) is 4.05. The predicted molar refractivity (Wildman–Crippen MR) is 90.9 cm³/mol. The third-order valence-electron chi connectivity index (χ3n) is 3.82. The van der Waals surface area contributed by atoms with E-state index in [2.05, 4.69) is 64.6 Å². The zero-order valence-corrected chi connectivity index (χ0v) is 12.9. The highest BCUT2D eigenvalue weighted by atomic mass is 16.3. The fourth-order valence-electron chi connectivity index (χ4n) is 2.79. The molecule has 0 aliphatic heterocycles. The van der Waals surface area contributed by atoms with Gasteiger partial charge in [-0.05, 0) is 24.1 Å². The molecule has 3 rings (SSSR count). The minimum absolute atomic E-state index is 0.322. The zero-order valence-electron chi connectivity index (χ0n) is 12.9. The van der Waals surface area contributed by atoms with Crippen molar-refractivity contribution < 1.29 is 5.11 Å². The molecular formula is C19H22N2O. The van der Waals surface area contributed by atoms with Crippen LogP contribution in [0.15, 0.2) is 60.8 Å². The molecule has 0 saturated carbocycles. The molecule has 0 amide bonds. The van der Waals surface area contributed by atoms with Gasteiger partial charge in [0.05, 0.1) is 6.10 Å². The summed E-state index contributed by atoms with van der Waals surface area (Å²) < 4.78 is 2.30. The molecule has 22 heavy (non-hydrogen) atoms. The number of aromatic nitrogens is 1. The van der Waals surface area contributed by atoms with Crippen LogP contribution in [0.4, 0.5) is 0 Å². The molecule has 3 aromatic rings. The minimum Gasteiger partial charge on any atom is -0.392 e. The first-order valence-electron chi connectivity index (χ1n) is 7.73. The van der Waals surface area contributed by atoms with Crippen molar-refractivity contribution in [2.45, 2.75) is 26.1 Å². The Morgan fingerprint density at radius 2 is 1.77 bits per heavy atom. The van der Waals surface area contributed by atoms with Gasteiger partial charge in [-0.1, -0.05) is 48.5 Å².